The fraction of sp³-hybridized carbons (Fsp3) is 0.167. The monoisotopic (exact) mass is 220 g/mol. The van der Waals surface area contributed by atoms with E-state index in [9.17, 15) is 5.11 Å². The molecule has 1 aromatic heterocycles. The Morgan fingerprint density at radius 3 is 2.80 bits per heavy atom. The fourth-order valence-corrected chi connectivity index (χ4v) is 2.09. The summed E-state index contributed by atoms with van der Waals surface area (Å²) in [7, 11) is 0. The van der Waals surface area contributed by atoms with E-state index in [2.05, 4.69) is 0 Å². The molecule has 0 aliphatic heterocycles. The van der Waals surface area contributed by atoms with Crippen molar-refractivity contribution in [1.29, 1.82) is 0 Å². The number of thiophene rings is 1. The predicted molar refractivity (Wildman–Crippen MR) is 62.6 cm³/mol. The smallest absolute Gasteiger partial charge is 0.123 e. The average Bonchev–Trinajstić information content (AvgIpc) is 2.70. The highest BCUT2D eigenvalue weighted by molar-refractivity contribution is 7.08. The first kappa shape index (κ1) is 10.1. The number of hydrogen-bond acceptors (Lipinski definition) is 3. The number of hydrogen-bond donors (Lipinski definition) is 1. The molecule has 0 amide bonds. The molecular weight excluding hydrogens is 208 g/mol. The molecule has 0 aliphatic rings. The molecule has 0 saturated heterocycles. The third kappa shape index (κ3) is 2.30. The summed E-state index contributed by atoms with van der Waals surface area (Å²) in [5.74, 6) is 0.945. The van der Waals surface area contributed by atoms with Gasteiger partial charge in [-0.05, 0) is 47.0 Å². The molecule has 0 radical (unpaired) electrons. The number of aromatic hydroxyl groups is 1. The van der Waals surface area contributed by atoms with Crippen molar-refractivity contribution in [1.82, 2.24) is 0 Å². The Labute approximate surface area is 92.8 Å². The molecule has 2 rings (SSSR count). The molecule has 1 aromatic carbocycles. The van der Waals surface area contributed by atoms with Gasteiger partial charge in [-0.15, -0.1) is 0 Å². The summed E-state index contributed by atoms with van der Waals surface area (Å²) in [6, 6.07) is 7.32. The van der Waals surface area contributed by atoms with E-state index in [1.54, 1.807) is 23.5 Å². The van der Waals surface area contributed by atoms with Crippen LogP contribution in [-0.2, 0) is 0 Å². The second-order valence-corrected chi connectivity index (χ2v) is 3.94. The predicted octanol–water partition coefficient (Wildman–Crippen LogP) is 3.52. The Hall–Kier alpha value is -1.48. The van der Waals surface area contributed by atoms with Crippen molar-refractivity contribution >= 4 is 11.3 Å². The topological polar surface area (TPSA) is 29.5 Å². The molecule has 1 N–H and O–H groups in total. The van der Waals surface area contributed by atoms with Crippen molar-refractivity contribution in [3.05, 3.63) is 35.0 Å². The molecule has 0 unspecified atom stereocenters. The van der Waals surface area contributed by atoms with Crippen LogP contribution >= 0.6 is 11.3 Å². The number of ether oxygens (including phenoxy) is 1. The lowest BCUT2D eigenvalue weighted by molar-refractivity contribution is 0.338. The summed E-state index contributed by atoms with van der Waals surface area (Å²) in [5.41, 5.74) is 2.09. The van der Waals surface area contributed by atoms with Gasteiger partial charge in [-0.1, -0.05) is 0 Å². The normalized spacial score (nSPS) is 10.2. The van der Waals surface area contributed by atoms with Crippen LogP contribution in [0.1, 0.15) is 6.92 Å². The van der Waals surface area contributed by atoms with Gasteiger partial charge in [0.2, 0.25) is 0 Å². The van der Waals surface area contributed by atoms with E-state index in [1.165, 1.54) is 0 Å². The molecule has 0 aliphatic carbocycles. The van der Waals surface area contributed by atoms with Gasteiger partial charge in [0.05, 0.1) is 6.61 Å². The quantitative estimate of drug-likeness (QED) is 0.857. The highest BCUT2D eigenvalue weighted by Crippen LogP contribution is 2.30. The molecule has 2 nitrogen and oxygen atoms in total. The van der Waals surface area contributed by atoms with Crippen molar-refractivity contribution in [3.63, 3.8) is 0 Å². The zero-order valence-corrected chi connectivity index (χ0v) is 9.25. The van der Waals surface area contributed by atoms with Crippen LogP contribution in [-0.4, -0.2) is 11.7 Å². The number of benzene rings is 1. The molecule has 15 heavy (non-hydrogen) atoms. The summed E-state index contributed by atoms with van der Waals surface area (Å²) in [5, 5.41) is 13.6. The lowest BCUT2D eigenvalue weighted by atomic mass is 10.1. The van der Waals surface area contributed by atoms with E-state index >= 15 is 0 Å². The van der Waals surface area contributed by atoms with Crippen LogP contribution in [0.25, 0.3) is 11.1 Å². The standard InChI is InChI=1S/C12H12O2S/c1-2-14-12-6-10(5-11(13)7-12)9-3-4-15-8-9/h3-8,13H,2H2,1H3. The van der Waals surface area contributed by atoms with Gasteiger partial charge < -0.3 is 9.84 Å². The Kier molecular flexibility index (Phi) is 2.92. The van der Waals surface area contributed by atoms with Gasteiger partial charge in [0, 0.05) is 6.07 Å². The molecule has 2 aromatic rings. The Balaban J connectivity index is 2.40. The third-order valence-corrected chi connectivity index (χ3v) is 2.74. The molecular formula is C12H12O2S. The lowest BCUT2D eigenvalue weighted by Gasteiger charge is -2.06. The first-order valence-corrected chi connectivity index (χ1v) is 5.73. The summed E-state index contributed by atoms with van der Waals surface area (Å²) in [6.07, 6.45) is 0. The second-order valence-electron chi connectivity index (χ2n) is 3.16. The van der Waals surface area contributed by atoms with Gasteiger partial charge in [0.25, 0.3) is 0 Å². The minimum absolute atomic E-state index is 0.238. The number of phenolic OH excluding ortho intramolecular Hbond substituents is 1. The Bertz CT molecular complexity index is 435. The molecule has 0 atom stereocenters. The van der Waals surface area contributed by atoms with Crippen LogP contribution in [0, 0.1) is 0 Å². The van der Waals surface area contributed by atoms with Gasteiger partial charge in [-0.25, -0.2) is 0 Å². The van der Waals surface area contributed by atoms with E-state index in [0.29, 0.717) is 12.4 Å². The van der Waals surface area contributed by atoms with Gasteiger partial charge in [-0.2, -0.15) is 11.3 Å². The van der Waals surface area contributed by atoms with E-state index < -0.39 is 0 Å². The van der Waals surface area contributed by atoms with Crippen LogP contribution in [0.2, 0.25) is 0 Å². The molecule has 78 valence electrons. The summed E-state index contributed by atoms with van der Waals surface area (Å²) >= 11 is 1.64. The van der Waals surface area contributed by atoms with Gasteiger partial charge in [0.15, 0.2) is 0 Å². The fourth-order valence-electron chi connectivity index (χ4n) is 1.43. The van der Waals surface area contributed by atoms with E-state index in [0.717, 1.165) is 11.1 Å². The number of rotatable bonds is 3. The molecule has 1 heterocycles. The van der Waals surface area contributed by atoms with Crippen molar-refractivity contribution in [3.8, 4) is 22.6 Å². The van der Waals surface area contributed by atoms with Crippen molar-refractivity contribution < 1.29 is 9.84 Å². The van der Waals surface area contributed by atoms with Gasteiger partial charge >= 0.3 is 0 Å². The third-order valence-electron chi connectivity index (χ3n) is 2.06. The molecule has 3 heteroatoms. The SMILES string of the molecule is CCOc1cc(O)cc(-c2ccsc2)c1. The minimum atomic E-state index is 0.238. The van der Waals surface area contributed by atoms with Crippen molar-refractivity contribution in [2.45, 2.75) is 6.92 Å². The van der Waals surface area contributed by atoms with E-state index in [1.807, 2.05) is 29.8 Å². The highest BCUT2D eigenvalue weighted by Gasteiger charge is 2.03. The van der Waals surface area contributed by atoms with Crippen molar-refractivity contribution in [2.75, 3.05) is 6.61 Å². The second kappa shape index (κ2) is 4.36. The maximum absolute atomic E-state index is 9.54. The Morgan fingerprint density at radius 1 is 1.27 bits per heavy atom. The largest absolute Gasteiger partial charge is 0.508 e. The minimum Gasteiger partial charge on any atom is -0.508 e. The molecule has 0 fully saturated rings. The highest BCUT2D eigenvalue weighted by atomic mass is 32.1. The van der Waals surface area contributed by atoms with Crippen molar-refractivity contribution in [2.24, 2.45) is 0 Å². The van der Waals surface area contributed by atoms with Crippen LogP contribution < -0.4 is 4.74 Å². The Morgan fingerprint density at radius 2 is 2.13 bits per heavy atom. The zero-order valence-electron chi connectivity index (χ0n) is 8.43. The summed E-state index contributed by atoms with van der Waals surface area (Å²) < 4.78 is 5.37. The molecule has 0 bridgehead atoms. The lowest BCUT2D eigenvalue weighted by Crippen LogP contribution is -1.91. The molecule has 0 spiro atoms. The van der Waals surface area contributed by atoms with Crippen LogP contribution in [0.5, 0.6) is 11.5 Å². The van der Waals surface area contributed by atoms with Gasteiger partial charge in [0.1, 0.15) is 11.5 Å². The maximum atomic E-state index is 9.54. The molecule has 0 saturated carbocycles. The van der Waals surface area contributed by atoms with Crippen LogP contribution in [0.4, 0.5) is 0 Å². The number of phenols is 1. The van der Waals surface area contributed by atoms with Crippen LogP contribution in [0.3, 0.4) is 0 Å². The summed E-state index contributed by atoms with van der Waals surface area (Å²) in [4.78, 5) is 0. The van der Waals surface area contributed by atoms with E-state index in [4.69, 9.17) is 4.74 Å². The zero-order chi connectivity index (χ0) is 10.7. The van der Waals surface area contributed by atoms with Gasteiger partial charge in [-0.3, -0.25) is 0 Å². The summed E-state index contributed by atoms with van der Waals surface area (Å²) in [6.45, 7) is 2.53. The maximum Gasteiger partial charge on any atom is 0.123 e. The van der Waals surface area contributed by atoms with Crippen LogP contribution in [0.15, 0.2) is 35.0 Å². The van der Waals surface area contributed by atoms with E-state index in [-0.39, 0.29) is 5.75 Å². The average molecular weight is 220 g/mol. The first-order valence-electron chi connectivity index (χ1n) is 4.79. The first-order chi connectivity index (χ1) is 7.29.